The van der Waals surface area contributed by atoms with E-state index in [0.717, 1.165) is 54.6 Å². The summed E-state index contributed by atoms with van der Waals surface area (Å²) in [5.41, 5.74) is 9.20. The van der Waals surface area contributed by atoms with E-state index in [-0.39, 0.29) is 24.2 Å². The van der Waals surface area contributed by atoms with Crippen molar-refractivity contribution in [1.82, 2.24) is 24.4 Å². The highest BCUT2D eigenvalue weighted by Crippen LogP contribution is 2.36. The first kappa shape index (κ1) is 24.6. The number of halogens is 2. The van der Waals surface area contributed by atoms with E-state index in [4.69, 9.17) is 10.7 Å². The van der Waals surface area contributed by atoms with Crippen molar-refractivity contribution in [3.63, 3.8) is 0 Å². The van der Waals surface area contributed by atoms with Crippen LogP contribution >= 0.6 is 0 Å². The molecule has 5 rings (SSSR count). The largest absolute Gasteiger partial charge is 0.383 e. The maximum absolute atomic E-state index is 15.9. The van der Waals surface area contributed by atoms with Crippen molar-refractivity contribution in [2.75, 3.05) is 43.4 Å². The number of nitrogens with two attached hydrogens (primary N) is 1. The van der Waals surface area contributed by atoms with Crippen LogP contribution in [0.15, 0.2) is 30.7 Å². The zero-order chi connectivity index (χ0) is 25.4. The molecule has 0 radical (unpaired) electrons. The quantitative estimate of drug-likeness (QED) is 0.519. The van der Waals surface area contributed by atoms with Crippen LogP contribution in [0.4, 0.5) is 20.4 Å². The molecular weight excluding hydrogens is 460 g/mol. The molecule has 2 saturated heterocycles. The molecule has 7 nitrogen and oxygen atoms in total. The van der Waals surface area contributed by atoms with Gasteiger partial charge in [0, 0.05) is 37.0 Å². The SMILES string of the molecule is Cc1cc(-c2cn(CCN3CCC3)c([C@@H]3CCN(c4ncnc(N)c4C(C)C)C[C@@H]3F)n2)ccc1F. The topological polar surface area (TPSA) is 76.1 Å². The van der Waals surface area contributed by atoms with Crippen LogP contribution in [-0.4, -0.2) is 63.3 Å². The molecule has 0 amide bonds. The van der Waals surface area contributed by atoms with Gasteiger partial charge in [0.25, 0.3) is 0 Å². The fraction of sp³-hybridized carbons (Fsp3) is 0.519. The lowest BCUT2D eigenvalue weighted by atomic mass is 9.93. The van der Waals surface area contributed by atoms with Gasteiger partial charge in [-0.2, -0.15) is 0 Å². The summed E-state index contributed by atoms with van der Waals surface area (Å²) in [5, 5.41) is 0. The summed E-state index contributed by atoms with van der Waals surface area (Å²) in [6.07, 6.45) is 4.19. The predicted molar refractivity (Wildman–Crippen MR) is 138 cm³/mol. The summed E-state index contributed by atoms with van der Waals surface area (Å²) >= 11 is 0. The van der Waals surface area contributed by atoms with Crippen molar-refractivity contribution < 1.29 is 8.78 Å². The summed E-state index contributed by atoms with van der Waals surface area (Å²) in [5.74, 6) is 1.52. The van der Waals surface area contributed by atoms with Crippen molar-refractivity contribution in [3.05, 3.63) is 53.5 Å². The fourth-order valence-electron chi connectivity index (χ4n) is 5.30. The van der Waals surface area contributed by atoms with E-state index in [1.807, 2.05) is 31.0 Å². The minimum absolute atomic E-state index is 0.138. The van der Waals surface area contributed by atoms with Crippen LogP contribution in [0.5, 0.6) is 0 Å². The summed E-state index contributed by atoms with van der Waals surface area (Å²) < 4.78 is 31.8. The van der Waals surface area contributed by atoms with Gasteiger partial charge in [-0.25, -0.2) is 23.7 Å². The van der Waals surface area contributed by atoms with E-state index in [1.54, 1.807) is 13.0 Å². The molecule has 9 heteroatoms. The van der Waals surface area contributed by atoms with Crippen LogP contribution in [0.1, 0.15) is 55.5 Å². The molecule has 2 aliphatic heterocycles. The van der Waals surface area contributed by atoms with Crippen LogP contribution in [0.25, 0.3) is 11.3 Å². The van der Waals surface area contributed by atoms with Crippen molar-refractivity contribution in [2.24, 2.45) is 0 Å². The maximum atomic E-state index is 15.9. The van der Waals surface area contributed by atoms with Gasteiger partial charge in [0.15, 0.2) is 0 Å². The Morgan fingerprint density at radius 3 is 2.61 bits per heavy atom. The zero-order valence-corrected chi connectivity index (χ0v) is 21.3. The summed E-state index contributed by atoms with van der Waals surface area (Å²) in [4.78, 5) is 17.9. The number of nitrogen functional groups attached to an aromatic ring is 1. The number of rotatable bonds is 7. The molecule has 4 heterocycles. The normalized spacial score (nSPS) is 20.7. The van der Waals surface area contributed by atoms with Gasteiger partial charge in [0.1, 0.15) is 35.8 Å². The van der Waals surface area contributed by atoms with E-state index >= 15 is 4.39 Å². The average molecular weight is 496 g/mol. The van der Waals surface area contributed by atoms with Gasteiger partial charge in [-0.1, -0.05) is 13.8 Å². The smallest absolute Gasteiger partial charge is 0.137 e. The van der Waals surface area contributed by atoms with E-state index < -0.39 is 6.17 Å². The number of benzene rings is 1. The number of alkyl halides is 1. The number of hydrogen-bond donors (Lipinski definition) is 1. The van der Waals surface area contributed by atoms with Gasteiger partial charge in [0.05, 0.1) is 18.2 Å². The number of hydrogen-bond acceptors (Lipinski definition) is 6. The van der Waals surface area contributed by atoms with E-state index in [1.165, 1.54) is 18.8 Å². The van der Waals surface area contributed by atoms with Crippen molar-refractivity contribution >= 4 is 11.6 Å². The zero-order valence-electron chi connectivity index (χ0n) is 21.3. The van der Waals surface area contributed by atoms with E-state index in [0.29, 0.717) is 24.3 Å². The van der Waals surface area contributed by atoms with Gasteiger partial charge >= 0.3 is 0 Å². The Morgan fingerprint density at radius 2 is 1.94 bits per heavy atom. The molecule has 0 bridgehead atoms. The third-order valence-corrected chi connectivity index (χ3v) is 7.51. The number of aryl methyl sites for hydroxylation is 1. The monoisotopic (exact) mass is 495 g/mol. The molecule has 1 aromatic carbocycles. The molecule has 3 aromatic rings. The molecule has 0 aliphatic carbocycles. The van der Waals surface area contributed by atoms with E-state index in [2.05, 4.69) is 19.4 Å². The molecular formula is C27H35F2N7. The fourth-order valence-corrected chi connectivity index (χ4v) is 5.30. The average Bonchev–Trinajstić information content (AvgIpc) is 3.23. The summed E-state index contributed by atoms with van der Waals surface area (Å²) in [6, 6.07) is 5.03. The molecule has 192 valence electrons. The number of likely N-dealkylation sites (tertiary alicyclic amines) is 1. The lowest BCUT2D eigenvalue weighted by Gasteiger charge is -2.37. The minimum atomic E-state index is -1.11. The van der Waals surface area contributed by atoms with Crippen LogP contribution in [0, 0.1) is 12.7 Å². The van der Waals surface area contributed by atoms with Crippen molar-refractivity contribution in [1.29, 1.82) is 0 Å². The number of anilines is 2. The maximum Gasteiger partial charge on any atom is 0.137 e. The third-order valence-electron chi connectivity index (χ3n) is 7.51. The van der Waals surface area contributed by atoms with Gasteiger partial charge in [-0.15, -0.1) is 0 Å². The van der Waals surface area contributed by atoms with Gasteiger partial charge in [-0.3, -0.25) is 0 Å². The summed E-state index contributed by atoms with van der Waals surface area (Å²) in [7, 11) is 0. The van der Waals surface area contributed by atoms with Crippen LogP contribution < -0.4 is 10.6 Å². The third kappa shape index (κ3) is 4.81. The second-order valence-electron chi connectivity index (χ2n) is 10.3. The molecule has 0 unspecified atom stereocenters. The van der Waals surface area contributed by atoms with Crippen LogP contribution in [0.2, 0.25) is 0 Å². The number of nitrogens with zero attached hydrogens (tertiary/aromatic N) is 6. The molecule has 36 heavy (non-hydrogen) atoms. The Morgan fingerprint density at radius 1 is 1.14 bits per heavy atom. The summed E-state index contributed by atoms with van der Waals surface area (Å²) in [6.45, 7) is 10.6. The van der Waals surface area contributed by atoms with Gasteiger partial charge in [0.2, 0.25) is 0 Å². The first-order valence-electron chi connectivity index (χ1n) is 12.9. The van der Waals surface area contributed by atoms with Crippen LogP contribution in [0.3, 0.4) is 0 Å². The van der Waals surface area contributed by atoms with Gasteiger partial charge in [-0.05, 0) is 62.5 Å². The van der Waals surface area contributed by atoms with E-state index in [9.17, 15) is 4.39 Å². The number of imidazole rings is 1. The molecule has 2 N–H and O–H groups in total. The Labute approximate surface area is 211 Å². The molecule has 2 fully saturated rings. The lowest BCUT2D eigenvalue weighted by molar-refractivity contribution is 0.172. The second-order valence-corrected chi connectivity index (χ2v) is 10.3. The highest BCUT2D eigenvalue weighted by atomic mass is 19.1. The highest BCUT2D eigenvalue weighted by Gasteiger charge is 2.35. The van der Waals surface area contributed by atoms with Crippen molar-refractivity contribution in [2.45, 2.75) is 58.2 Å². The predicted octanol–water partition coefficient (Wildman–Crippen LogP) is 4.53. The molecule has 0 spiro atoms. The Hall–Kier alpha value is -3.07. The minimum Gasteiger partial charge on any atom is -0.383 e. The lowest BCUT2D eigenvalue weighted by Crippen LogP contribution is -2.43. The second kappa shape index (κ2) is 10.1. The molecule has 2 atom stereocenters. The van der Waals surface area contributed by atoms with Crippen LogP contribution in [-0.2, 0) is 6.54 Å². The standard InChI is InChI=1S/C27H35F2N7/c1-17(2)24-25(30)31-16-32-27(24)35-10-7-20(22(29)14-35)26-33-23(19-5-6-21(28)18(3)13-19)15-36(26)12-11-34-8-4-9-34/h5-6,13,15-17,20,22H,4,7-12,14H2,1-3H3,(H2,30,31,32)/t20-,22+/m1/s1. The first-order valence-corrected chi connectivity index (χ1v) is 12.9. The van der Waals surface area contributed by atoms with Crippen molar-refractivity contribution in [3.8, 4) is 11.3 Å². The molecule has 2 aliphatic rings. The molecule has 2 aromatic heterocycles. The highest BCUT2D eigenvalue weighted by molar-refractivity contribution is 5.60. The van der Waals surface area contributed by atoms with Gasteiger partial charge < -0.3 is 20.1 Å². The number of piperidine rings is 1. The Balaban J connectivity index is 1.41. The number of aromatic nitrogens is 4. The first-order chi connectivity index (χ1) is 17.3. The molecule has 0 saturated carbocycles. The Bertz CT molecular complexity index is 1220. The Kier molecular flexibility index (Phi) is 6.92.